The van der Waals surface area contributed by atoms with E-state index in [4.69, 9.17) is 9.40 Å². The Morgan fingerprint density at radius 2 is 1.13 bits per heavy atom. The summed E-state index contributed by atoms with van der Waals surface area (Å²) in [6.07, 6.45) is 0. The molecule has 0 fully saturated rings. The molecule has 0 unspecified atom stereocenters. The third-order valence-electron chi connectivity index (χ3n) is 11.4. The number of aromatic nitrogens is 2. The van der Waals surface area contributed by atoms with Crippen molar-refractivity contribution in [3.8, 4) is 50.5 Å². The smallest absolute Gasteiger partial charge is 0.160 e. The van der Waals surface area contributed by atoms with Gasteiger partial charge < -0.3 is 8.98 Å². The van der Waals surface area contributed by atoms with Crippen LogP contribution in [0.15, 0.2) is 174 Å². The molecule has 1 aliphatic carbocycles. The summed E-state index contributed by atoms with van der Waals surface area (Å²) in [5, 5.41) is 4.85. The first-order valence-corrected chi connectivity index (χ1v) is 18.3. The maximum Gasteiger partial charge on any atom is 0.160 e. The van der Waals surface area contributed by atoms with Gasteiger partial charge in [0.05, 0.1) is 22.4 Å². The molecular weight excluding hydrogens is 645 g/mol. The highest BCUT2D eigenvalue weighted by molar-refractivity contribution is 6.29. The van der Waals surface area contributed by atoms with E-state index in [2.05, 4.69) is 176 Å². The summed E-state index contributed by atoms with van der Waals surface area (Å²) in [6.45, 7) is 4.74. The van der Waals surface area contributed by atoms with E-state index in [0.29, 0.717) is 0 Å². The first-order valence-electron chi connectivity index (χ1n) is 18.3. The highest BCUT2D eigenvalue weighted by Crippen LogP contribution is 2.58. The minimum atomic E-state index is -0.197. The van der Waals surface area contributed by atoms with Gasteiger partial charge in [0, 0.05) is 43.8 Å². The lowest BCUT2D eigenvalue weighted by molar-refractivity contribution is 0.658. The van der Waals surface area contributed by atoms with Crippen molar-refractivity contribution in [1.82, 2.24) is 9.55 Å². The Morgan fingerprint density at radius 1 is 0.528 bits per heavy atom. The van der Waals surface area contributed by atoms with Crippen molar-refractivity contribution in [2.45, 2.75) is 19.3 Å². The van der Waals surface area contributed by atoms with E-state index in [1.54, 1.807) is 0 Å². The molecule has 3 aromatic heterocycles. The SMILES string of the molecule is CC1(C)c2ccccc2-c2c1c1c3ccccc3oc1c1c2c2ccccc2n1-c1ccc(-c2cc(-c3ccccc3)nc(-c3ccccc3)c2)cc1. The van der Waals surface area contributed by atoms with E-state index in [1.807, 2.05) is 12.1 Å². The van der Waals surface area contributed by atoms with Crippen LogP contribution in [0.2, 0.25) is 0 Å². The van der Waals surface area contributed by atoms with Crippen molar-refractivity contribution >= 4 is 43.7 Å². The van der Waals surface area contributed by atoms with Gasteiger partial charge in [0.2, 0.25) is 0 Å². The first kappa shape index (κ1) is 30.0. The lowest BCUT2D eigenvalue weighted by Gasteiger charge is -2.22. The Kier molecular flexibility index (Phi) is 6.30. The fourth-order valence-electron chi connectivity index (χ4n) is 8.98. The molecule has 3 heterocycles. The average molecular weight is 679 g/mol. The monoisotopic (exact) mass is 678 g/mol. The van der Waals surface area contributed by atoms with Crippen molar-refractivity contribution in [2.75, 3.05) is 0 Å². The minimum Gasteiger partial charge on any atom is -0.454 e. The largest absolute Gasteiger partial charge is 0.454 e. The quantitative estimate of drug-likeness (QED) is 0.185. The van der Waals surface area contributed by atoms with Crippen molar-refractivity contribution < 1.29 is 4.42 Å². The number of rotatable bonds is 4. The second kappa shape index (κ2) is 11.1. The molecule has 0 N–H and O–H groups in total. The zero-order valence-electron chi connectivity index (χ0n) is 29.5. The van der Waals surface area contributed by atoms with Crippen LogP contribution in [0.5, 0.6) is 0 Å². The van der Waals surface area contributed by atoms with Crippen LogP contribution >= 0.6 is 0 Å². The third-order valence-corrected chi connectivity index (χ3v) is 11.4. The van der Waals surface area contributed by atoms with E-state index in [1.165, 1.54) is 38.4 Å². The van der Waals surface area contributed by atoms with Crippen LogP contribution in [0.3, 0.4) is 0 Å². The highest BCUT2D eigenvalue weighted by Gasteiger charge is 2.41. The first-order chi connectivity index (χ1) is 26.1. The highest BCUT2D eigenvalue weighted by atomic mass is 16.3. The lowest BCUT2D eigenvalue weighted by atomic mass is 9.80. The summed E-state index contributed by atoms with van der Waals surface area (Å²) in [5.74, 6) is 0. The summed E-state index contributed by atoms with van der Waals surface area (Å²) in [4.78, 5) is 5.11. The Hall–Kier alpha value is -6.71. The van der Waals surface area contributed by atoms with Gasteiger partial charge in [-0.1, -0.05) is 147 Å². The number of hydrogen-bond acceptors (Lipinski definition) is 2. The summed E-state index contributed by atoms with van der Waals surface area (Å²) in [5.41, 5.74) is 16.7. The van der Waals surface area contributed by atoms with Crippen LogP contribution < -0.4 is 0 Å². The predicted molar refractivity (Wildman–Crippen MR) is 220 cm³/mol. The number of pyridine rings is 1. The second-order valence-corrected chi connectivity index (χ2v) is 14.7. The van der Waals surface area contributed by atoms with Gasteiger partial charge in [-0.25, -0.2) is 4.98 Å². The van der Waals surface area contributed by atoms with Crippen molar-refractivity contribution in [3.63, 3.8) is 0 Å². The van der Waals surface area contributed by atoms with Crippen LogP contribution in [0, 0.1) is 0 Å². The summed E-state index contributed by atoms with van der Waals surface area (Å²) >= 11 is 0. The number of hydrogen-bond donors (Lipinski definition) is 0. The molecule has 0 saturated carbocycles. The molecule has 0 radical (unpaired) electrons. The van der Waals surface area contributed by atoms with E-state index >= 15 is 0 Å². The number of furan rings is 1. The normalized spacial score (nSPS) is 13.2. The number of benzene rings is 7. The predicted octanol–water partition coefficient (Wildman–Crippen LogP) is 13.4. The van der Waals surface area contributed by atoms with Crippen LogP contribution in [-0.4, -0.2) is 9.55 Å². The molecular formula is C50H34N2O. The van der Waals surface area contributed by atoms with Gasteiger partial charge in [-0.15, -0.1) is 0 Å². The van der Waals surface area contributed by atoms with Gasteiger partial charge in [0.1, 0.15) is 5.58 Å². The molecule has 11 rings (SSSR count). The Balaban J connectivity index is 1.18. The Bertz CT molecular complexity index is 3000. The zero-order chi connectivity index (χ0) is 35.3. The van der Waals surface area contributed by atoms with Gasteiger partial charge >= 0.3 is 0 Å². The lowest BCUT2D eigenvalue weighted by Crippen LogP contribution is -2.15. The molecule has 250 valence electrons. The molecule has 0 amide bonds. The molecule has 10 aromatic rings. The molecule has 0 atom stereocenters. The molecule has 0 spiro atoms. The van der Waals surface area contributed by atoms with Crippen LogP contribution in [0.1, 0.15) is 25.0 Å². The third kappa shape index (κ3) is 4.31. The topological polar surface area (TPSA) is 31.0 Å². The maximum absolute atomic E-state index is 6.95. The van der Waals surface area contributed by atoms with Gasteiger partial charge in [-0.05, 0) is 69.8 Å². The summed E-state index contributed by atoms with van der Waals surface area (Å²) < 4.78 is 9.37. The molecule has 0 saturated heterocycles. The van der Waals surface area contributed by atoms with E-state index < -0.39 is 0 Å². The minimum absolute atomic E-state index is 0.197. The molecule has 3 heteroatoms. The molecule has 0 aliphatic heterocycles. The second-order valence-electron chi connectivity index (χ2n) is 14.7. The molecule has 1 aliphatic rings. The average Bonchev–Trinajstić information content (AvgIpc) is 3.84. The van der Waals surface area contributed by atoms with E-state index in [0.717, 1.165) is 66.9 Å². The van der Waals surface area contributed by atoms with E-state index in [9.17, 15) is 0 Å². The maximum atomic E-state index is 6.95. The summed E-state index contributed by atoms with van der Waals surface area (Å²) in [6, 6.07) is 60.6. The Labute approximate surface area is 307 Å². The fraction of sp³-hybridized carbons (Fsp3) is 0.0600. The fourth-order valence-corrected chi connectivity index (χ4v) is 8.98. The molecule has 3 nitrogen and oxygen atoms in total. The van der Waals surface area contributed by atoms with E-state index in [-0.39, 0.29) is 5.41 Å². The zero-order valence-corrected chi connectivity index (χ0v) is 29.5. The van der Waals surface area contributed by atoms with Crippen LogP contribution in [0.4, 0.5) is 0 Å². The summed E-state index contributed by atoms with van der Waals surface area (Å²) in [7, 11) is 0. The van der Waals surface area contributed by atoms with Crippen molar-refractivity contribution in [3.05, 3.63) is 181 Å². The number of para-hydroxylation sites is 2. The molecule has 53 heavy (non-hydrogen) atoms. The Morgan fingerprint density at radius 3 is 1.85 bits per heavy atom. The molecule has 0 bridgehead atoms. The van der Waals surface area contributed by atoms with Gasteiger partial charge in [-0.3, -0.25) is 0 Å². The van der Waals surface area contributed by atoms with Crippen LogP contribution in [0.25, 0.3) is 94.2 Å². The van der Waals surface area contributed by atoms with Crippen molar-refractivity contribution in [1.29, 1.82) is 0 Å². The number of fused-ring (bicyclic) bond motifs is 12. The van der Waals surface area contributed by atoms with Gasteiger partial charge in [0.15, 0.2) is 5.58 Å². The van der Waals surface area contributed by atoms with Gasteiger partial charge in [-0.2, -0.15) is 0 Å². The standard InChI is InChI=1S/C50H34N2O/c1-50(2)39-22-12-9-19-36(39)44-45-37-20-10-13-23-42(37)52(48(45)49-46(47(44)50)38-21-11-14-24-43(38)53-49)35-27-25-31(26-28-35)34-29-40(32-15-5-3-6-16-32)51-41(30-34)33-17-7-4-8-18-33/h3-30H,1-2H3. The van der Waals surface area contributed by atoms with Crippen molar-refractivity contribution in [2.24, 2.45) is 0 Å². The molecule has 7 aromatic carbocycles. The van der Waals surface area contributed by atoms with Crippen LogP contribution in [-0.2, 0) is 5.41 Å². The van der Waals surface area contributed by atoms with Gasteiger partial charge in [0.25, 0.3) is 0 Å². The number of nitrogens with zero attached hydrogens (tertiary/aromatic N) is 2.